The van der Waals surface area contributed by atoms with Crippen LogP contribution in [-0.4, -0.2) is 51.8 Å². The summed E-state index contributed by atoms with van der Waals surface area (Å²) in [5, 5.41) is 4.44. The van der Waals surface area contributed by atoms with Crippen molar-refractivity contribution >= 4 is 56.6 Å². The van der Waals surface area contributed by atoms with E-state index in [1.807, 2.05) is 79.7 Å². The van der Waals surface area contributed by atoms with E-state index in [1.165, 1.54) is 11.8 Å². The first-order valence-corrected chi connectivity index (χ1v) is 12.6. The smallest absolute Gasteiger partial charge is 0.237 e. The minimum atomic E-state index is -0.355. The molecule has 6 rings (SSSR count). The summed E-state index contributed by atoms with van der Waals surface area (Å²) in [6.07, 6.45) is 0. The number of morpholine rings is 1. The Kier molecular flexibility index (Phi) is 5.75. The number of ether oxygens (including phenoxy) is 1. The minimum absolute atomic E-state index is 0.0679. The van der Waals surface area contributed by atoms with Crippen molar-refractivity contribution in [3.05, 3.63) is 72.8 Å². The molecular formula is C27H25N5O2S. The van der Waals surface area contributed by atoms with Crippen molar-refractivity contribution in [2.45, 2.75) is 17.3 Å². The van der Waals surface area contributed by atoms with E-state index in [1.54, 1.807) is 0 Å². The Balaban J connectivity index is 1.26. The molecule has 0 bridgehead atoms. The minimum Gasteiger partial charge on any atom is -0.378 e. The monoisotopic (exact) mass is 483 g/mol. The molecule has 7 nitrogen and oxygen atoms in total. The van der Waals surface area contributed by atoms with E-state index in [0.717, 1.165) is 70.4 Å². The number of imidazole rings is 1. The zero-order valence-electron chi connectivity index (χ0n) is 19.3. The van der Waals surface area contributed by atoms with Gasteiger partial charge in [0.15, 0.2) is 5.16 Å². The molecule has 1 saturated heterocycles. The van der Waals surface area contributed by atoms with E-state index in [-0.39, 0.29) is 11.2 Å². The molecule has 3 heterocycles. The van der Waals surface area contributed by atoms with Crippen molar-refractivity contribution < 1.29 is 9.53 Å². The van der Waals surface area contributed by atoms with Gasteiger partial charge < -0.3 is 15.0 Å². The van der Waals surface area contributed by atoms with Crippen LogP contribution in [0.4, 0.5) is 11.4 Å². The van der Waals surface area contributed by atoms with Crippen LogP contribution in [0.3, 0.4) is 0 Å². The molecule has 0 aliphatic carbocycles. The van der Waals surface area contributed by atoms with Gasteiger partial charge in [-0.2, -0.15) is 0 Å². The highest BCUT2D eigenvalue weighted by molar-refractivity contribution is 8.00. The largest absolute Gasteiger partial charge is 0.378 e. The second-order valence-corrected chi connectivity index (χ2v) is 9.87. The van der Waals surface area contributed by atoms with Crippen molar-refractivity contribution in [3.63, 3.8) is 0 Å². The van der Waals surface area contributed by atoms with Gasteiger partial charge in [0.2, 0.25) is 5.91 Å². The van der Waals surface area contributed by atoms with Crippen molar-refractivity contribution in [3.8, 4) is 0 Å². The summed E-state index contributed by atoms with van der Waals surface area (Å²) in [5.74, 6) is -0.0679. The normalized spacial score (nSPS) is 15.1. The number of anilines is 2. The van der Waals surface area contributed by atoms with Gasteiger partial charge in [0, 0.05) is 29.9 Å². The summed E-state index contributed by atoms with van der Waals surface area (Å²) in [4.78, 5) is 25.2. The Bertz CT molecular complexity index is 1530. The zero-order valence-corrected chi connectivity index (χ0v) is 20.2. The highest BCUT2D eigenvalue weighted by Gasteiger charge is 2.20. The molecule has 176 valence electrons. The second kappa shape index (κ2) is 9.20. The maximum absolute atomic E-state index is 13.1. The maximum Gasteiger partial charge on any atom is 0.237 e. The maximum atomic E-state index is 13.1. The fourth-order valence-corrected chi connectivity index (χ4v) is 5.35. The average Bonchev–Trinajstić information content (AvgIpc) is 3.30. The average molecular weight is 484 g/mol. The van der Waals surface area contributed by atoms with Crippen LogP contribution in [-0.2, 0) is 9.53 Å². The Labute approximate surface area is 207 Å². The van der Waals surface area contributed by atoms with Crippen molar-refractivity contribution in [1.29, 1.82) is 0 Å². The van der Waals surface area contributed by atoms with Gasteiger partial charge in [-0.1, -0.05) is 36.0 Å². The fourth-order valence-electron chi connectivity index (χ4n) is 4.43. The van der Waals surface area contributed by atoms with Crippen LogP contribution in [0.1, 0.15) is 6.92 Å². The number of hydrogen-bond acceptors (Lipinski definition) is 6. The summed E-state index contributed by atoms with van der Waals surface area (Å²) in [5.41, 5.74) is 5.53. The highest BCUT2D eigenvalue weighted by atomic mass is 32.2. The number of benzene rings is 3. The third kappa shape index (κ3) is 4.19. The lowest BCUT2D eigenvalue weighted by molar-refractivity contribution is -0.115. The fraction of sp³-hybridized carbons (Fsp3) is 0.222. The molecule has 1 atom stereocenters. The number of hydrogen-bond donors (Lipinski definition) is 1. The second-order valence-electron chi connectivity index (χ2n) is 8.57. The van der Waals surface area contributed by atoms with Gasteiger partial charge >= 0.3 is 0 Å². The Morgan fingerprint density at radius 2 is 1.66 bits per heavy atom. The van der Waals surface area contributed by atoms with Crippen LogP contribution in [0.5, 0.6) is 0 Å². The van der Waals surface area contributed by atoms with Gasteiger partial charge in [0.25, 0.3) is 0 Å². The molecule has 0 saturated carbocycles. The molecule has 1 N–H and O–H groups in total. The lowest BCUT2D eigenvalue weighted by atomic mass is 10.2. The number of carbonyl (C=O) groups is 1. The first-order valence-electron chi connectivity index (χ1n) is 11.7. The molecule has 1 fully saturated rings. The molecule has 5 aromatic rings. The van der Waals surface area contributed by atoms with Gasteiger partial charge in [-0.05, 0) is 55.5 Å². The molecule has 0 spiro atoms. The van der Waals surface area contributed by atoms with Gasteiger partial charge in [-0.15, -0.1) is 0 Å². The van der Waals surface area contributed by atoms with E-state index >= 15 is 0 Å². The molecule has 1 amide bonds. The third-order valence-electron chi connectivity index (χ3n) is 6.28. The van der Waals surface area contributed by atoms with Crippen LogP contribution in [0.25, 0.3) is 27.6 Å². The number of nitrogens with zero attached hydrogens (tertiary/aromatic N) is 4. The summed E-state index contributed by atoms with van der Waals surface area (Å²) >= 11 is 1.44. The van der Waals surface area contributed by atoms with Gasteiger partial charge in [0.05, 0.1) is 35.0 Å². The summed E-state index contributed by atoms with van der Waals surface area (Å²) < 4.78 is 7.49. The molecule has 0 radical (unpaired) electrons. The SMILES string of the molecule is CC(Sc1nc2ccccc2c2nc3ccccc3n12)C(=O)Nc1ccc(N2CCOCC2)cc1. The lowest BCUT2D eigenvalue weighted by Gasteiger charge is -2.28. The number of para-hydroxylation sites is 3. The number of thioether (sulfide) groups is 1. The quantitative estimate of drug-likeness (QED) is 0.280. The molecule has 3 aromatic carbocycles. The molecule has 8 heteroatoms. The first-order chi connectivity index (χ1) is 17.2. The van der Waals surface area contributed by atoms with Crippen molar-refractivity contribution in [2.24, 2.45) is 0 Å². The van der Waals surface area contributed by atoms with E-state index in [9.17, 15) is 4.79 Å². The lowest BCUT2D eigenvalue weighted by Crippen LogP contribution is -2.36. The standard InChI is InChI=1S/C27H25N5O2S/c1-18(26(33)28-19-10-12-20(13-11-19)31-14-16-34-17-15-31)35-27-30-22-7-3-2-6-21(22)25-29-23-8-4-5-9-24(23)32(25)27/h2-13,18H,14-17H2,1H3,(H,28,33). The van der Waals surface area contributed by atoms with E-state index < -0.39 is 0 Å². The number of aromatic nitrogens is 3. The van der Waals surface area contributed by atoms with Gasteiger partial charge in [0.1, 0.15) is 5.65 Å². The predicted octanol–water partition coefficient (Wildman–Crippen LogP) is 4.99. The Hall–Kier alpha value is -3.62. The molecule has 1 aliphatic heterocycles. The molecule has 2 aromatic heterocycles. The summed E-state index contributed by atoms with van der Waals surface area (Å²) in [6.45, 7) is 5.17. The third-order valence-corrected chi connectivity index (χ3v) is 7.33. The van der Waals surface area contributed by atoms with Crippen LogP contribution in [0, 0.1) is 0 Å². The van der Waals surface area contributed by atoms with Crippen LogP contribution >= 0.6 is 11.8 Å². The van der Waals surface area contributed by atoms with Crippen molar-refractivity contribution in [1.82, 2.24) is 14.4 Å². The van der Waals surface area contributed by atoms with E-state index in [2.05, 4.69) is 14.6 Å². The van der Waals surface area contributed by atoms with Gasteiger partial charge in [-0.25, -0.2) is 9.97 Å². The first kappa shape index (κ1) is 21.9. The highest BCUT2D eigenvalue weighted by Crippen LogP contribution is 2.31. The predicted molar refractivity (Wildman–Crippen MR) is 141 cm³/mol. The number of nitrogens with one attached hydrogen (secondary N) is 1. The van der Waals surface area contributed by atoms with Crippen LogP contribution in [0.15, 0.2) is 78.0 Å². The molecule has 1 unspecified atom stereocenters. The zero-order chi connectivity index (χ0) is 23.8. The number of fused-ring (bicyclic) bond motifs is 5. The topological polar surface area (TPSA) is 71.8 Å². The van der Waals surface area contributed by atoms with Crippen molar-refractivity contribution in [2.75, 3.05) is 36.5 Å². The Morgan fingerprint density at radius 1 is 0.943 bits per heavy atom. The summed E-state index contributed by atoms with van der Waals surface area (Å²) in [6, 6.07) is 24.0. The van der Waals surface area contributed by atoms with Gasteiger partial charge in [-0.3, -0.25) is 9.20 Å². The molecule has 1 aliphatic rings. The van der Waals surface area contributed by atoms with E-state index in [0.29, 0.717) is 0 Å². The number of carbonyl (C=O) groups excluding carboxylic acids is 1. The number of rotatable bonds is 5. The molecule has 35 heavy (non-hydrogen) atoms. The van der Waals surface area contributed by atoms with Crippen LogP contribution in [0.2, 0.25) is 0 Å². The summed E-state index contributed by atoms with van der Waals surface area (Å²) in [7, 11) is 0. The number of amides is 1. The van der Waals surface area contributed by atoms with Crippen LogP contribution < -0.4 is 10.2 Å². The van der Waals surface area contributed by atoms with E-state index in [4.69, 9.17) is 14.7 Å². The molecular weight excluding hydrogens is 458 g/mol. The Morgan fingerprint density at radius 3 is 2.46 bits per heavy atom.